The molecule has 172 valence electrons. The smallest absolute Gasteiger partial charge is 0.306 e. The standard InChI is InChI=1S/C23H18F2O7S/c1-29-21(27)9-15(12-2-4-18-19(6-12)31-11-30-18)23-22(28)17(26)8-14(32-23)10-33-20-5-3-13(24)7-16(20)25/h2-8,15,28H,9-11H2,1H3. The van der Waals surface area contributed by atoms with E-state index in [0.717, 1.165) is 30.0 Å². The zero-order valence-electron chi connectivity index (χ0n) is 17.3. The van der Waals surface area contributed by atoms with E-state index in [0.29, 0.717) is 17.1 Å². The van der Waals surface area contributed by atoms with Crippen molar-refractivity contribution < 1.29 is 37.3 Å². The summed E-state index contributed by atoms with van der Waals surface area (Å²) >= 11 is 0.990. The van der Waals surface area contributed by atoms with Crippen LogP contribution in [0.1, 0.15) is 29.4 Å². The third-order valence-electron chi connectivity index (χ3n) is 4.98. The average Bonchev–Trinajstić information content (AvgIpc) is 3.27. The molecule has 0 amide bonds. The van der Waals surface area contributed by atoms with Crippen LogP contribution in [0.4, 0.5) is 8.78 Å². The number of fused-ring (bicyclic) bond motifs is 1. The van der Waals surface area contributed by atoms with Crippen molar-refractivity contribution in [2.45, 2.75) is 23.0 Å². The summed E-state index contributed by atoms with van der Waals surface area (Å²) in [5.41, 5.74) is -0.195. The largest absolute Gasteiger partial charge is 0.502 e. The molecule has 0 fully saturated rings. The van der Waals surface area contributed by atoms with Crippen molar-refractivity contribution in [1.29, 1.82) is 0 Å². The molecule has 0 saturated heterocycles. The molecule has 0 spiro atoms. The van der Waals surface area contributed by atoms with E-state index >= 15 is 0 Å². The molecule has 1 atom stereocenters. The van der Waals surface area contributed by atoms with Crippen LogP contribution in [0, 0.1) is 11.6 Å². The van der Waals surface area contributed by atoms with Gasteiger partial charge in [-0.3, -0.25) is 9.59 Å². The molecule has 0 radical (unpaired) electrons. The molecule has 2 aromatic carbocycles. The number of aromatic hydroxyl groups is 1. The van der Waals surface area contributed by atoms with Gasteiger partial charge in [-0.1, -0.05) is 6.07 Å². The number of benzene rings is 2. The highest BCUT2D eigenvalue weighted by Crippen LogP contribution is 2.40. The first kappa shape index (κ1) is 22.7. The molecule has 1 aliphatic heterocycles. The van der Waals surface area contributed by atoms with E-state index in [1.807, 2.05) is 0 Å². The maximum absolute atomic E-state index is 14.0. The van der Waals surface area contributed by atoms with Crippen molar-refractivity contribution >= 4 is 17.7 Å². The van der Waals surface area contributed by atoms with Gasteiger partial charge in [-0.15, -0.1) is 11.8 Å². The summed E-state index contributed by atoms with van der Waals surface area (Å²) < 4.78 is 48.4. The topological polar surface area (TPSA) is 95.2 Å². The summed E-state index contributed by atoms with van der Waals surface area (Å²) in [6, 6.07) is 9.18. The molecule has 0 saturated carbocycles. The fourth-order valence-corrected chi connectivity index (χ4v) is 4.15. The first-order valence-corrected chi connectivity index (χ1v) is 10.7. The second kappa shape index (κ2) is 9.53. The van der Waals surface area contributed by atoms with E-state index in [1.54, 1.807) is 18.2 Å². The minimum atomic E-state index is -0.868. The quantitative estimate of drug-likeness (QED) is 0.398. The van der Waals surface area contributed by atoms with Crippen LogP contribution in [0.2, 0.25) is 0 Å². The summed E-state index contributed by atoms with van der Waals surface area (Å²) in [6.45, 7) is 0.0490. The van der Waals surface area contributed by atoms with E-state index in [9.17, 15) is 23.5 Å². The van der Waals surface area contributed by atoms with Crippen molar-refractivity contribution in [3.63, 3.8) is 0 Å². The van der Waals surface area contributed by atoms with Crippen molar-refractivity contribution in [3.8, 4) is 17.2 Å². The maximum atomic E-state index is 14.0. The lowest BCUT2D eigenvalue weighted by molar-refractivity contribution is -0.140. The van der Waals surface area contributed by atoms with Crippen LogP contribution >= 0.6 is 11.8 Å². The molecule has 0 aliphatic carbocycles. The minimum absolute atomic E-state index is 0.0250. The van der Waals surface area contributed by atoms with E-state index in [-0.39, 0.29) is 35.4 Å². The Kier molecular flexibility index (Phi) is 6.55. The summed E-state index contributed by atoms with van der Waals surface area (Å²) in [6.07, 6.45) is -0.226. The van der Waals surface area contributed by atoms with Gasteiger partial charge >= 0.3 is 5.97 Å². The molecule has 1 aliphatic rings. The highest BCUT2D eigenvalue weighted by molar-refractivity contribution is 7.98. The molecule has 4 rings (SSSR count). The van der Waals surface area contributed by atoms with Crippen molar-refractivity contribution in [1.82, 2.24) is 0 Å². The molecule has 0 bridgehead atoms. The van der Waals surface area contributed by atoms with Gasteiger partial charge in [0.1, 0.15) is 17.4 Å². The lowest BCUT2D eigenvalue weighted by atomic mass is 9.92. The number of rotatable bonds is 7. The minimum Gasteiger partial charge on any atom is -0.502 e. The van der Waals surface area contributed by atoms with Crippen molar-refractivity contribution in [2.24, 2.45) is 0 Å². The monoisotopic (exact) mass is 476 g/mol. The fourth-order valence-electron chi connectivity index (χ4n) is 3.35. The third kappa shape index (κ3) is 4.95. The van der Waals surface area contributed by atoms with Crippen LogP contribution in [-0.2, 0) is 15.3 Å². The Bertz CT molecular complexity index is 1260. The predicted molar refractivity (Wildman–Crippen MR) is 114 cm³/mol. The van der Waals surface area contributed by atoms with E-state index < -0.39 is 34.7 Å². The summed E-state index contributed by atoms with van der Waals surface area (Å²) in [7, 11) is 1.22. The zero-order chi connectivity index (χ0) is 23.5. The van der Waals surface area contributed by atoms with Gasteiger partial charge in [0.2, 0.25) is 18.0 Å². The molecule has 1 unspecified atom stereocenters. The van der Waals surface area contributed by atoms with Crippen LogP contribution in [-0.4, -0.2) is 25.0 Å². The van der Waals surface area contributed by atoms with Gasteiger partial charge in [0.05, 0.1) is 25.2 Å². The Balaban J connectivity index is 1.69. The lowest BCUT2D eigenvalue weighted by Crippen LogP contribution is -2.14. The third-order valence-corrected chi connectivity index (χ3v) is 6.05. The number of thioether (sulfide) groups is 1. The zero-order valence-corrected chi connectivity index (χ0v) is 18.1. The molecule has 3 aromatic rings. The number of methoxy groups -OCH3 is 1. The summed E-state index contributed by atoms with van der Waals surface area (Å²) in [5, 5.41) is 10.5. The molecule has 2 heterocycles. The van der Waals surface area contributed by atoms with Gasteiger partial charge in [0, 0.05) is 17.0 Å². The Morgan fingerprint density at radius 3 is 2.70 bits per heavy atom. The average molecular weight is 476 g/mol. The highest BCUT2D eigenvalue weighted by atomic mass is 32.2. The molecular weight excluding hydrogens is 458 g/mol. The molecule has 1 N–H and O–H groups in total. The Morgan fingerprint density at radius 2 is 1.94 bits per heavy atom. The predicted octanol–water partition coefficient (Wildman–Crippen LogP) is 4.34. The number of ether oxygens (including phenoxy) is 3. The van der Waals surface area contributed by atoms with Crippen LogP contribution in [0.5, 0.6) is 17.2 Å². The van der Waals surface area contributed by atoms with E-state index in [2.05, 4.69) is 0 Å². The Morgan fingerprint density at radius 1 is 1.15 bits per heavy atom. The number of hydrogen-bond acceptors (Lipinski definition) is 8. The fraction of sp³-hybridized carbons (Fsp3) is 0.217. The number of hydrogen-bond donors (Lipinski definition) is 1. The van der Waals surface area contributed by atoms with Crippen molar-refractivity contribution in [2.75, 3.05) is 13.9 Å². The van der Waals surface area contributed by atoms with Gasteiger partial charge in [-0.25, -0.2) is 8.78 Å². The van der Waals surface area contributed by atoms with Crippen LogP contribution < -0.4 is 14.9 Å². The molecular formula is C23H18F2O7S. The molecule has 33 heavy (non-hydrogen) atoms. The molecule has 10 heteroatoms. The Labute approximate surface area is 190 Å². The number of carbonyl (C=O) groups is 1. The van der Waals surface area contributed by atoms with E-state index in [1.165, 1.54) is 13.2 Å². The molecule has 1 aromatic heterocycles. The number of halogens is 2. The van der Waals surface area contributed by atoms with Gasteiger partial charge in [0.25, 0.3) is 0 Å². The normalized spacial score (nSPS) is 13.1. The van der Waals surface area contributed by atoms with Gasteiger partial charge in [0.15, 0.2) is 17.3 Å². The molecule has 7 nitrogen and oxygen atoms in total. The van der Waals surface area contributed by atoms with Crippen molar-refractivity contribution in [3.05, 3.63) is 81.4 Å². The first-order valence-electron chi connectivity index (χ1n) is 9.75. The Hall–Kier alpha value is -3.53. The van der Waals surface area contributed by atoms with Crippen LogP contribution in [0.15, 0.2) is 56.6 Å². The summed E-state index contributed by atoms with van der Waals surface area (Å²) in [4.78, 5) is 24.7. The first-order chi connectivity index (χ1) is 15.9. The second-order valence-electron chi connectivity index (χ2n) is 7.10. The second-order valence-corrected chi connectivity index (χ2v) is 8.12. The number of carbonyl (C=O) groups excluding carboxylic acids is 1. The maximum Gasteiger partial charge on any atom is 0.306 e. The SMILES string of the molecule is COC(=O)CC(c1ccc2c(c1)OCO2)c1oc(CSc2ccc(F)cc2F)cc(=O)c1O. The van der Waals surface area contributed by atoms with E-state index in [4.69, 9.17) is 18.6 Å². The lowest BCUT2D eigenvalue weighted by Gasteiger charge is -2.18. The van der Waals surface area contributed by atoms with Crippen LogP contribution in [0.3, 0.4) is 0 Å². The highest BCUT2D eigenvalue weighted by Gasteiger charge is 2.28. The van der Waals surface area contributed by atoms with Gasteiger partial charge < -0.3 is 23.7 Å². The van der Waals surface area contributed by atoms with Crippen LogP contribution in [0.25, 0.3) is 0 Å². The van der Waals surface area contributed by atoms with Gasteiger partial charge in [-0.05, 0) is 29.8 Å². The number of esters is 1. The summed E-state index contributed by atoms with van der Waals surface area (Å²) in [5.74, 6) is -2.57. The van der Waals surface area contributed by atoms with Gasteiger partial charge in [-0.2, -0.15) is 0 Å².